The molecule has 0 N–H and O–H groups in total. The van der Waals surface area contributed by atoms with E-state index in [0.717, 1.165) is 241 Å². The number of thiophene rings is 1. The first-order valence-electron chi connectivity index (χ1n) is 45.7. The Morgan fingerprint density at radius 3 is 1.14 bits per heavy atom. The van der Waals surface area contributed by atoms with Gasteiger partial charge in [0.2, 0.25) is 0 Å². The van der Waals surface area contributed by atoms with Crippen LogP contribution in [-0.4, -0.2) is 48.2 Å². The molecule has 0 radical (unpaired) electrons. The molecule has 0 saturated heterocycles. The molecule has 0 amide bonds. The number of furan rings is 3. The standard InChI is InChI=1S/C122H68N10O3S/c1-2-29-80(30-3-1)129-98-40-15-8-32-83(98)92-59-74(50-54-101(92)129)117-123-119(76-48-52-89-86-35-11-18-44-108(86)133-111(89)67-76)127-121(125-117)79-62-96-88-37-13-20-46-110(88)135-116(96)107(66-79)132-103-43-23-39-82(114(103)97-58-70-25-5-7-27-72(70)64-105(97)132)73-28-22-31-81(56-73)130-99-41-16-9-33-84(99)93-60-75(51-55-102(93)130)118-124-120(77-49-53-91-90-38-14-21-47-112(90)136-113(91)68-77)128-122(126-118)78-61-95-87-36-12-19-45-109(87)134-115(95)106(65-78)131-100-42-17-10-34-85(100)94-57-69-24-4-6-26-71(69)63-104(94)131/h1-68H. The number of nitrogens with zero attached hydrogens (tertiary/aromatic N) is 10. The minimum Gasteiger partial charge on any atom is -0.456 e. The van der Waals surface area contributed by atoms with Crippen LogP contribution >= 0.6 is 11.3 Å². The topological polar surface area (TPSA) is 136 Å². The summed E-state index contributed by atoms with van der Waals surface area (Å²) in [7, 11) is 0. The highest BCUT2D eigenvalue weighted by Gasteiger charge is 2.29. The minimum absolute atomic E-state index is 0.495. The Balaban J connectivity index is 0.589. The number of rotatable bonds is 11. The van der Waals surface area contributed by atoms with Crippen LogP contribution in [0.2, 0.25) is 0 Å². The van der Waals surface area contributed by atoms with E-state index in [2.05, 4.69) is 400 Å². The third-order valence-corrected chi connectivity index (χ3v) is 29.1. The molecule has 0 bridgehead atoms. The highest BCUT2D eigenvalue weighted by Crippen LogP contribution is 2.50. The van der Waals surface area contributed by atoms with Crippen LogP contribution < -0.4 is 0 Å². The fraction of sp³-hybridized carbons (Fsp3) is 0. The molecule has 20 aromatic carbocycles. The zero-order valence-corrected chi connectivity index (χ0v) is 73.2. The number of fused-ring (bicyclic) bond motifs is 26. The zero-order chi connectivity index (χ0) is 88.6. The van der Waals surface area contributed by atoms with E-state index >= 15 is 0 Å². The predicted molar refractivity (Wildman–Crippen MR) is 558 cm³/mol. The van der Waals surface area contributed by atoms with Gasteiger partial charge in [0, 0.05) is 140 Å². The number of hydrogen-bond acceptors (Lipinski definition) is 10. The summed E-state index contributed by atoms with van der Waals surface area (Å²) in [5, 5.41) is 21.7. The average molecular weight is 1750 g/mol. The second-order valence-electron chi connectivity index (χ2n) is 35.5. The molecule has 0 aliphatic rings. The van der Waals surface area contributed by atoms with Crippen molar-refractivity contribution in [3.8, 4) is 102 Å². The van der Waals surface area contributed by atoms with E-state index in [4.69, 9.17) is 43.2 Å². The van der Waals surface area contributed by atoms with E-state index < -0.39 is 0 Å². The summed E-state index contributed by atoms with van der Waals surface area (Å²) in [4.78, 5) is 33.5. The molecule has 136 heavy (non-hydrogen) atoms. The van der Waals surface area contributed by atoms with Crippen LogP contribution in [0.25, 0.3) is 297 Å². The van der Waals surface area contributed by atoms with Gasteiger partial charge < -0.3 is 31.5 Å². The molecule has 10 aromatic heterocycles. The molecule has 0 atom stereocenters. The number of aromatic nitrogens is 10. The molecule has 10 heterocycles. The van der Waals surface area contributed by atoms with Crippen LogP contribution in [0.5, 0.6) is 0 Å². The van der Waals surface area contributed by atoms with Crippen molar-refractivity contribution in [1.82, 2.24) is 48.2 Å². The lowest BCUT2D eigenvalue weighted by atomic mass is 9.98. The molecule has 630 valence electrons. The highest BCUT2D eigenvalue weighted by molar-refractivity contribution is 7.25. The summed E-state index contributed by atoms with van der Waals surface area (Å²) < 4.78 is 32.8. The molecule has 0 saturated carbocycles. The van der Waals surface area contributed by atoms with E-state index in [1.807, 2.05) is 30.3 Å². The summed E-state index contributed by atoms with van der Waals surface area (Å²) >= 11 is 1.78. The Morgan fingerprint density at radius 1 is 0.184 bits per heavy atom. The molecule has 0 unspecified atom stereocenters. The average Bonchev–Trinajstić information content (AvgIpc) is 1.72. The van der Waals surface area contributed by atoms with Gasteiger partial charge in [0.05, 0.1) is 55.5 Å². The number of benzene rings is 20. The summed E-state index contributed by atoms with van der Waals surface area (Å²) in [6, 6.07) is 147. The van der Waals surface area contributed by atoms with Crippen LogP contribution in [0.3, 0.4) is 0 Å². The second-order valence-corrected chi connectivity index (χ2v) is 36.6. The van der Waals surface area contributed by atoms with E-state index in [-0.39, 0.29) is 0 Å². The molecule has 30 rings (SSSR count). The van der Waals surface area contributed by atoms with Crippen molar-refractivity contribution >= 4 is 206 Å². The second kappa shape index (κ2) is 28.6. The minimum atomic E-state index is 0.495. The smallest absolute Gasteiger partial charge is 0.164 e. The van der Waals surface area contributed by atoms with Gasteiger partial charge >= 0.3 is 0 Å². The van der Waals surface area contributed by atoms with Gasteiger partial charge in [0.1, 0.15) is 22.3 Å². The van der Waals surface area contributed by atoms with Gasteiger partial charge in [0.15, 0.2) is 46.1 Å². The maximum absolute atomic E-state index is 7.25. The fourth-order valence-corrected chi connectivity index (χ4v) is 22.9. The van der Waals surface area contributed by atoms with Crippen LogP contribution in [0, 0.1) is 0 Å². The Hall–Kier alpha value is -18.2. The molecule has 0 aliphatic heterocycles. The predicted octanol–water partition coefficient (Wildman–Crippen LogP) is 32.5. The molecular formula is C122H68N10O3S. The first-order chi connectivity index (χ1) is 67.3. The van der Waals surface area contributed by atoms with Crippen molar-refractivity contribution in [2.75, 3.05) is 0 Å². The van der Waals surface area contributed by atoms with Gasteiger partial charge in [-0.15, -0.1) is 11.3 Å². The quantitative estimate of drug-likeness (QED) is 0.124. The number of para-hydroxylation sites is 7. The fourth-order valence-electron chi connectivity index (χ4n) is 21.8. The van der Waals surface area contributed by atoms with Crippen LogP contribution in [0.4, 0.5) is 0 Å². The van der Waals surface area contributed by atoms with Crippen molar-refractivity contribution in [3.05, 3.63) is 413 Å². The lowest BCUT2D eigenvalue weighted by Gasteiger charge is -2.14. The van der Waals surface area contributed by atoms with Gasteiger partial charge in [-0.2, -0.15) is 0 Å². The monoisotopic (exact) mass is 1750 g/mol. The van der Waals surface area contributed by atoms with E-state index in [0.29, 0.717) is 34.9 Å². The molecule has 0 fully saturated rings. The maximum atomic E-state index is 7.25. The van der Waals surface area contributed by atoms with Crippen molar-refractivity contribution in [2.24, 2.45) is 0 Å². The summed E-state index contributed by atoms with van der Waals surface area (Å²) in [6.45, 7) is 0. The molecule has 13 nitrogen and oxygen atoms in total. The van der Waals surface area contributed by atoms with Crippen molar-refractivity contribution in [2.45, 2.75) is 0 Å². The largest absolute Gasteiger partial charge is 0.456 e. The van der Waals surface area contributed by atoms with Gasteiger partial charge in [-0.3, -0.25) is 0 Å². The third kappa shape index (κ3) is 11.2. The van der Waals surface area contributed by atoms with E-state index in [1.165, 1.54) is 20.9 Å². The van der Waals surface area contributed by atoms with Crippen LogP contribution in [0.1, 0.15) is 0 Å². The Morgan fingerprint density at radius 2 is 0.559 bits per heavy atom. The van der Waals surface area contributed by atoms with Gasteiger partial charge in [-0.25, -0.2) is 29.9 Å². The Kier molecular flexibility index (Phi) is 15.7. The summed E-state index contributed by atoms with van der Waals surface area (Å²) in [5.41, 5.74) is 23.9. The highest BCUT2D eigenvalue weighted by atomic mass is 32.1. The lowest BCUT2D eigenvalue weighted by molar-refractivity contribution is 0.666. The maximum Gasteiger partial charge on any atom is 0.164 e. The molecule has 0 aliphatic carbocycles. The third-order valence-electron chi connectivity index (χ3n) is 27.9. The molecule has 0 spiro atoms. The van der Waals surface area contributed by atoms with Crippen molar-refractivity contribution in [1.29, 1.82) is 0 Å². The summed E-state index contributed by atoms with van der Waals surface area (Å²) in [5.74, 6) is 3.17. The lowest BCUT2D eigenvalue weighted by Crippen LogP contribution is -2.02. The Labute approximate surface area is 776 Å². The van der Waals surface area contributed by atoms with Crippen molar-refractivity contribution in [3.63, 3.8) is 0 Å². The SMILES string of the molecule is c1ccc(-n2c3ccccc3c3cc(-c4nc(-c5ccc6c(c5)oc5ccccc56)nc(-c5cc(-n6c7cc8ccccc8cc7c7c(-c8cccc(-n9c%10ccccc%10c%10cc(-c%11nc(-c%12ccc%13c(c%12)sc%12ccccc%12%13)nc(-c%12cc(-n%13c%14ccccc%14c%14cc%15ccccc%15cc%14%13)c%13oc%14ccccc%14c%13c%12)n%11)ccc%109)c8)cccc76)c6oc7ccccc7c6c5)n4)ccc32)cc1. The van der Waals surface area contributed by atoms with Gasteiger partial charge in [0.25, 0.3) is 0 Å². The van der Waals surface area contributed by atoms with E-state index in [1.54, 1.807) is 11.3 Å². The van der Waals surface area contributed by atoms with Crippen LogP contribution in [-0.2, 0) is 0 Å². The zero-order valence-electron chi connectivity index (χ0n) is 72.4. The first kappa shape index (κ1) is 74.5. The van der Waals surface area contributed by atoms with Crippen LogP contribution in [0.15, 0.2) is 426 Å². The van der Waals surface area contributed by atoms with E-state index in [9.17, 15) is 0 Å². The molecular weight excluding hydrogens is 1690 g/mol. The van der Waals surface area contributed by atoms with Gasteiger partial charge in [-0.05, 0) is 209 Å². The normalized spacial score (nSPS) is 12.3. The molecule has 14 heteroatoms. The first-order valence-corrected chi connectivity index (χ1v) is 46.6. The Bertz CT molecular complexity index is 10500. The van der Waals surface area contributed by atoms with Crippen molar-refractivity contribution < 1.29 is 13.3 Å². The summed E-state index contributed by atoms with van der Waals surface area (Å²) in [6.07, 6.45) is 0. The number of hydrogen-bond donors (Lipinski definition) is 0. The molecule has 30 aromatic rings. The van der Waals surface area contributed by atoms with Gasteiger partial charge in [-0.1, -0.05) is 237 Å².